The molecule has 0 N–H and O–H groups in total. The van der Waals surface area contributed by atoms with Gasteiger partial charge in [-0.15, -0.1) is 0 Å². The molecule has 1 radical (unpaired) electrons. The monoisotopic (exact) mass is 176 g/mol. The van der Waals surface area contributed by atoms with Crippen LogP contribution < -0.4 is 4.90 Å². The van der Waals surface area contributed by atoms with E-state index in [1.807, 2.05) is 0 Å². The second-order valence-corrected chi connectivity index (χ2v) is 3.12. The van der Waals surface area contributed by atoms with Gasteiger partial charge in [0.15, 0.2) is 0 Å². The molecule has 1 rings (SSSR count). The van der Waals surface area contributed by atoms with Gasteiger partial charge >= 0.3 is 0 Å². The summed E-state index contributed by atoms with van der Waals surface area (Å²) in [5.74, 6) is 0. The van der Waals surface area contributed by atoms with Gasteiger partial charge in [-0.25, -0.2) is 0 Å². The predicted molar refractivity (Wildman–Crippen MR) is 58.9 cm³/mol. The molecular formula is C12H18N. The summed E-state index contributed by atoms with van der Waals surface area (Å²) in [6, 6.07) is 10.5. The molecule has 0 amide bonds. The number of unbranched alkanes of at least 4 members (excludes halogenated alkanes) is 1. The van der Waals surface area contributed by atoms with Gasteiger partial charge in [0, 0.05) is 18.8 Å². The normalized spacial score (nSPS) is 10.0. The Morgan fingerprint density at radius 2 is 1.92 bits per heavy atom. The molecule has 0 bridgehead atoms. The average molecular weight is 176 g/mol. The lowest BCUT2D eigenvalue weighted by Crippen LogP contribution is -2.23. The van der Waals surface area contributed by atoms with E-state index in [2.05, 4.69) is 49.1 Å². The quantitative estimate of drug-likeness (QED) is 0.666. The van der Waals surface area contributed by atoms with E-state index in [1.54, 1.807) is 0 Å². The van der Waals surface area contributed by atoms with E-state index >= 15 is 0 Å². The van der Waals surface area contributed by atoms with E-state index in [9.17, 15) is 0 Å². The number of rotatable bonds is 5. The van der Waals surface area contributed by atoms with E-state index in [4.69, 9.17) is 0 Å². The predicted octanol–water partition coefficient (Wildman–Crippen LogP) is 3.13. The molecule has 0 aliphatic rings. The molecule has 1 aromatic rings. The molecule has 0 aromatic heterocycles. The summed E-state index contributed by atoms with van der Waals surface area (Å²) in [4.78, 5) is 2.38. The van der Waals surface area contributed by atoms with E-state index in [0.29, 0.717) is 0 Å². The molecule has 0 aliphatic carbocycles. The zero-order valence-electron chi connectivity index (χ0n) is 8.37. The number of anilines is 1. The van der Waals surface area contributed by atoms with Crippen molar-refractivity contribution >= 4 is 5.69 Å². The topological polar surface area (TPSA) is 3.24 Å². The first-order chi connectivity index (χ1) is 6.38. The second-order valence-electron chi connectivity index (χ2n) is 3.12. The molecule has 0 saturated heterocycles. The Bertz CT molecular complexity index is 218. The van der Waals surface area contributed by atoms with Crippen molar-refractivity contribution < 1.29 is 0 Å². The number of hydrogen-bond donors (Lipinski definition) is 0. The summed E-state index contributed by atoms with van der Waals surface area (Å²) in [5, 5.41) is 0. The fourth-order valence-corrected chi connectivity index (χ4v) is 1.41. The molecule has 13 heavy (non-hydrogen) atoms. The van der Waals surface area contributed by atoms with Crippen LogP contribution in [0, 0.1) is 6.92 Å². The molecule has 0 aliphatic heterocycles. The van der Waals surface area contributed by atoms with Gasteiger partial charge in [0.25, 0.3) is 0 Å². The third-order valence-electron chi connectivity index (χ3n) is 2.18. The maximum Gasteiger partial charge on any atom is 0.0366 e. The summed E-state index contributed by atoms with van der Waals surface area (Å²) >= 11 is 0. The fraction of sp³-hybridized carbons (Fsp3) is 0.417. The van der Waals surface area contributed by atoms with Crippen LogP contribution in [0.15, 0.2) is 30.3 Å². The highest BCUT2D eigenvalue weighted by Gasteiger charge is 2.00. The molecule has 1 nitrogen and oxygen atoms in total. The maximum absolute atomic E-state index is 3.86. The molecule has 71 valence electrons. The van der Waals surface area contributed by atoms with Gasteiger partial charge in [-0.2, -0.15) is 0 Å². The van der Waals surface area contributed by atoms with Crippen LogP contribution in [0.3, 0.4) is 0 Å². The smallest absolute Gasteiger partial charge is 0.0366 e. The molecule has 0 unspecified atom stereocenters. The fourth-order valence-electron chi connectivity index (χ4n) is 1.41. The van der Waals surface area contributed by atoms with Crippen LogP contribution in [0.1, 0.15) is 19.8 Å². The molecule has 1 heteroatoms. The summed E-state index contributed by atoms with van der Waals surface area (Å²) in [7, 11) is 0. The van der Waals surface area contributed by atoms with Crippen LogP contribution in [-0.2, 0) is 0 Å². The van der Waals surface area contributed by atoms with Crippen molar-refractivity contribution in [1.82, 2.24) is 0 Å². The summed E-state index contributed by atoms with van der Waals surface area (Å²) in [5.41, 5.74) is 1.32. The van der Waals surface area contributed by atoms with Gasteiger partial charge in [0.1, 0.15) is 0 Å². The van der Waals surface area contributed by atoms with Crippen LogP contribution in [0.4, 0.5) is 5.69 Å². The Labute approximate surface area is 81.4 Å². The van der Waals surface area contributed by atoms with E-state index in [0.717, 1.165) is 19.5 Å². The van der Waals surface area contributed by atoms with Crippen LogP contribution in [0.2, 0.25) is 0 Å². The lowest BCUT2D eigenvalue weighted by atomic mass is 10.2. The Morgan fingerprint density at radius 3 is 2.46 bits per heavy atom. The van der Waals surface area contributed by atoms with Crippen molar-refractivity contribution in [3.05, 3.63) is 37.3 Å². The molecular weight excluding hydrogens is 158 g/mol. The van der Waals surface area contributed by atoms with Crippen molar-refractivity contribution in [1.29, 1.82) is 0 Å². The van der Waals surface area contributed by atoms with Gasteiger partial charge < -0.3 is 4.90 Å². The largest absolute Gasteiger partial charge is 0.372 e. The van der Waals surface area contributed by atoms with Crippen LogP contribution >= 0.6 is 0 Å². The number of hydrogen-bond acceptors (Lipinski definition) is 1. The van der Waals surface area contributed by atoms with Gasteiger partial charge in [-0.05, 0) is 25.5 Å². The molecule has 0 atom stereocenters. The van der Waals surface area contributed by atoms with Crippen molar-refractivity contribution in [2.24, 2.45) is 0 Å². The highest BCUT2D eigenvalue weighted by Crippen LogP contribution is 2.13. The average Bonchev–Trinajstić information content (AvgIpc) is 2.21. The van der Waals surface area contributed by atoms with Gasteiger partial charge in [-0.3, -0.25) is 0 Å². The molecule has 1 aromatic carbocycles. The lowest BCUT2D eigenvalue weighted by Gasteiger charge is -2.22. The summed E-state index contributed by atoms with van der Waals surface area (Å²) < 4.78 is 0. The second kappa shape index (κ2) is 5.63. The molecule has 0 spiro atoms. The highest BCUT2D eigenvalue weighted by atomic mass is 15.1. The van der Waals surface area contributed by atoms with E-state index in [1.165, 1.54) is 12.1 Å². The van der Waals surface area contributed by atoms with Crippen LogP contribution in [-0.4, -0.2) is 13.1 Å². The minimum atomic E-state index is 1.02. The van der Waals surface area contributed by atoms with Gasteiger partial charge in [-0.1, -0.05) is 31.5 Å². The minimum Gasteiger partial charge on any atom is -0.372 e. The zero-order chi connectivity index (χ0) is 9.52. The van der Waals surface area contributed by atoms with Gasteiger partial charge in [0.2, 0.25) is 0 Å². The Hall–Kier alpha value is -0.980. The van der Waals surface area contributed by atoms with Crippen molar-refractivity contribution in [3.8, 4) is 0 Å². The number of nitrogens with zero attached hydrogens (tertiary/aromatic N) is 1. The van der Waals surface area contributed by atoms with Crippen molar-refractivity contribution in [2.45, 2.75) is 19.8 Å². The number of benzene rings is 1. The first-order valence-electron chi connectivity index (χ1n) is 4.97. The van der Waals surface area contributed by atoms with Crippen molar-refractivity contribution in [3.63, 3.8) is 0 Å². The van der Waals surface area contributed by atoms with Crippen LogP contribution in [0.25, 0.3) is 0 Å². The maximum atomic E-state index is 3.86. The Morgan fingerprint density at radius 1 is 1.23 bits per heavy atom. The first kappa shape index (κ1) is 10.1. The van der Waals surface area contributed by atoms with E-state index < -0.39 is 0 Å². The summed E-state index contributed by atoms with van der Waals surface area (Å²) in [6.45, 7) is 8.24. The summed E-state index contributed by atoms with van der Waals surface area (Å²) in [6.07, 6.45) is 2.19. The SMILES string of the molecule is [CH2]CCCN(CC)c1ccccc1. The molecule has 0 fully saturated rings. The molecule has 0 saturated carbocycles. The lowest BCUT2D eigenvalue weighted by molar-refractivity contribution is 0.756. The van der Waals surface area contributed by atoms with Crippen LogP contribution in [0.5, 0.6) is 0 Å². The highest BCUT2D eigenvalue weighted by molar-refractivity contribution is 5.45. The van der Waals surface area contributed by atoms with E-state index in [-0.39, 0.29) is 0 Å². The number of para-hydroxylation sites is 1. The third-order valence-corrected chi connectivity index (χ3v) is 2.18. The zero-order valence-corrected chi connectivity index (χ0v) is 8.37. The minimum absolute atomic E-state index is 1.02. The first-order valence-corrected chi connectivity index (χ1v) is 4.97. The Balaban J connectivity index is 2.56. The van der Waals surface area contributed by atoms with Crippen molar-refractivity contribution in [2.75, 3.05) is 18.0 Å². The third kappa shape index (κ3) is 3.10. The Kier molecular flexibility index (Phi) is 4.37. The standard InChI is InChI=1S/C12H18N/c1-3-5-11-13(4-2)12-9-7-6-8-10-12/h6-10H,1,3-5,11H2,2H3. The van der Waals surface area contributed by atoms with Gasteiger partial charge in [0.05, 0.1) is 0 Å². The molecule has 0 heterocycles.